The number of hydrogen-bond acceptors (Lipinski definition) is 7. The zero-order chi connectivity index (χ0) is 26.8. The number of hydrogen-bond donors (Lipinski definition) is 2. The Hall–Kier alpha value is -3.53. The molecule has 0 bridgehead atoms. The first kappa shape index (κ1) is 26.1. The first-order valence-electron chi connectivity index (χ1n) is 13.1. The minimum absolute atomic E-state index is 0.0936. The molecular formula is C29H29N5O2S2. The monoisotopic (exact) mass is 543 g/mol. The van der Waals surface area contributed by atoms with Crippen molar-refractivity contribution in [1.82, 2.24) is 4.98 Å². The van der Waals surface area contributed by atoms with Crippen LogP contribution in [0.4, 0.5) is 10.0 Å². The lowest BCUT2D eigenvalue weighted by molar-refractivity contribution is 0.101. The molecule has 0 radical (unpaired) electrons. The highest BCUT2D eigenvalue weighted by atomic mass is 32.1. The van der Waals surface area contributed by atoms with E-state index in [1.807, 2.05) is 0 Å². The van der Waals surface area contributed by atoms with Crippen molar-refractivity contribution >= 4 is 44.5 Å². The molecule has 2 unspecified atom stereocenters. The summed E-state index contributed by atoms with van der Waals surface area (Å²) in [6.45, 7) is 4.36. The molecule has 0 saturated carbocycles. The number of carbonyl (C=O) groups excluding carboxylic acids is 2. The Morgan fingerprint density at radius 1 is 0.868 bits per heavy atom. The predicted octanol–water partition coefficient (Wildman–Crippen LogP) is 6.48. The smallest absolute Gasteiger partial charge is 0.274 e. The molecule has 0 fully saturated rings. The minimum atomic E-state index is -0.461. The lowest BCUT2D eigenvalue weighted by atomic mass is 9.86. The molecule has 3 aromatic heterocycles. The molecule has 5 rings (SSSR count). The second kappa shape index (κ2) is 11.1. The third kappa shape index (κ3) is 4.97. The summed E-state index contributed by atoms with van der Waals surface area (Å²) in [5.41, 5.74) is 3.37. The van der Waals surface area contributed by atoms with Crippen LogP contribution < -0.4 is 10.6 Å². The van der Waals surface area contributed by atoms with E-state index in [1.54, 1.807) is 18.2 Å². The van der Waals surface area contributed by atoms with E-state index in [2.05, 4.69) is 41.6 Å². The fraction of sp³-hybridized carbons (Fsp3) is 0.414. The SMILES string of the molecule is CCC1CCc2c(sc(NC(=O)c3cccc(C(=O)Nc4sc5c(c4C#N)CCC(CC)C5)n3)c2C#N)C1. The highest BCUT2D eigenvalue weighted by Gasteiger charge is 2.28. The van der Waals surface area contributed by atoms with Gasteiger partial charge in [0.05, 0.1) is 11.1 Å². The van der Waals surface area contributed by atoms with Crippen LogP contribution >= 0.6 is 22.7 Å². The zero-order valence-electron chi connectivity index (χ0n) is 21.5. The molecule has 9 heteroatoms. The van der Waals surface area contributed by atoms with Gasteiger partial charge < -0.3 is 10.6 Å². The number of anilines is 2. The van der Waals surface area contributed by atoms with Gasteiger partial charge in [0.25, 0.3) is 11.8 Å². The third-order valence-electron chi connectivity index (χ3n) is 7.78. The summed E-state index contributed by atoms with van der Waals surface area (Å²) in [5, 5.41) is 26.4. The fourth-order valence-electron chi connectivity index (χ4n) is 5.44. The highest BCUT2D eigenvalue weighted by Crippen LogP contribution is 2.41. The molecule has 2 N–H and O–H groups in total. The van der Waals surface area contributed by atoms with E-state index in [0.717, 1.165) is 62.5 Å². The Morgan fingerprint density at radius 2 is 1.32 bits per heavy atom. The van der Waals surface area contributed by atoms with E-state index in [4.69, 9.17) is 0 Å². The van der Waals surface area contributed by atoms with Crippen LogP contribution in [-0.2, 0) is 25.7 Å². The first-order chi connectivity index (χ1) is 18.4. The van der Waals surface area contributed by atoms with Gasteiger partial charge >= 0.3 is 0 Å². The summed E-state index contributed by atoms with van der Waals surface area (Å²) < 4.78 is 0. The Morgan fingerprint density at radius 3 is 1.71 bits per heavy atom. The van der Waals surface area contributed by atoms with Crippen LogP contribution in [0.5, 0.6) is 0 Å². The van der Waals surface area contributed by atoms with E-state index in [0.29, 0.717) is 33.0 Å². The number of carbonyl (C=O) groups is 2. The topological polar surface area (TPSA) is 119 Å². The van der Waals surface area contributed by atoms with Crippen molar-refractivity contribution in [2.45, 2.75) is 65.2 Å². The Labute approximate surface area is 230 Å². The van der Waals surface area contributed by atoms with Crippen LogP contribution in [0, 0.1) is 34.5 Å². The molecule has 194 valence electrons. The molecule has 0 spiro atoms. The van der Waals surface area contributed by atoms with Crippen molar-refractivity contribution in [3.05, 3.63) is 61.6 Å². The average Bonchev–Trinajstić information content (AvgIpc) is 3.47. The van der Waals surface area contributed by atoms with Crippen molar-refractivity contribution in [2.24, 2.45) is 11.8 Å². The molecule has 2 amide bonds. The van der Waals surface area contributed by atoms with Gasteiger partial charge in [-0.1, -0.05) is 32.8 Å². The summed E-state index contributed by atoms with van der Waals surface area (Å²) in [7, 11) is 0. The number of thiophene rings is 2. The van der Waals surface area contributed by atoms with Crippen molar-refractivity contribution in [2.75, 3.05) is 10.6 Å². The summed E-state index contributed by atoms with van der Waals surface area (Å²) in [4.78, 5) is 32.8. The normalized spacial score (nSPS) is 18.0. The largest absolute Gasteiger partial charge is 0.311 e. The number of aromatic nitrogens is 1. The van der Waals surface area contributed by atoms with Crippen LogP contribution in [0.3, 0.4) is 0 Å². The van der Waals surface area contributed by atoms with E-state index in [1.165, 1.54) is 32.4 Å². The summed E-state index contributed by atoms with van der Waals surface area (Å²) in [6.07, 6.45) is 7.89. The predicted molar refractivity (Wildman–Crippen MR) is 150 cm³/mol. The summed E-state index contributed by atoms with van der Waals surface area (Å²) in [5.74, 6) is 0.293. The van der Waals surface area contributed by atoms with Crippen molar-refractivity contribution < 1.29 is 9.59 Å². The maximum Gasteiger partial charge on any atom is 0.274 e. The number of nitriles is 2. The van der Waals surface area contributed by atoms with E-state index in [9.17, 15) is 20.1 Å². The average molecular weight is 544 g/mol. The standard InChI is InChI=1S/C29H29N5O2S2/c1-3-16-8-10-18-20(14-30)28(37-24(18)12-16)33-26(35)22-6-5-7-23(32-22)27(36)34-29-21(15-31)19-11-9-17(4-2)13-25(19)38-29/h5-7,16-17H,3-4,8-13H2,1-2H3,(H,33,35)(H,34,36). The number of amides is 2. The van der Waals surface area contributed by atoms with Gasteiger partial charge in [-0.2, -0.15) is 10.5 Å². The number of rotatable bonds is 6. The van der Waals surface area contributed by atoms with Gasteiger partial charge in [0.1, 0.15) is 33.5 Å². The fourth-order valence-corrected chi connectivity index (χ4v) is 8.05. The molecule has 3 aromatic rings. The van der Waals surface area contributed by atoms with Crippen LogP contribution in [-0.4, -0.2) is 16.8 Å². The summed E-state index contributed by atoms with van der Waals surface area (Å²) >= 11 is 2.94. The lowest BCUT2D eigenvalue weighted by Crippen LogP contribution is -2.18. The molecular weight excluding hydrogens is 514 g/mol. The van der Waals surface area contributed by atoms with Crippen LogP contribution in [0.15, 0.2) is 18.2 Å². The van der Waals surface area contributed by atoms with Gasteiger partial charge in [-0.3, -0.25) is 9.59 Å². The number of nitrogens with one attached hydrogen (secondary N) is 2. The van der Waals surface area contributed by atoms with E-state index >= 15 is 0 Å². The molecule has 2 atom stereocenters. The second-order valence-electron chi connectivity index (χ2n) is 9.99. The molecule has 7 nitrogen and oxygen atoms in total. The number of nitrogens with zero attached hydrogens (tertiary/aromatic N) is 3. The summed E-state index contributed by atoms with van der Waals surface area (Å²) in [6, 6.07) is 9.26. The van der Waals surface area contributed by atoms with Gasteiger partial charge in [-0.25, -0.2) is 4.98 Å². The van der Waals surface area contributed by atoms with Gasteiger partial charge in [-0.15, -0.1) is 22.7 Å². The van der Waals surface area contributed by atoms with Crippen LogP contribution in [0.1, 0.15) is 92.5 Å². The molecule has 38 heavy (non-hydrogen) atoms. The lowest BCUT2D eigenvalue weighted by Gasteiger charge is -2.20. The van der Waals surface area contributed by atoms with Crippen molar-refractivity contribution in [3.8, 4) is 12.1 Å². The minimum Gasteiger partial charge on any atom is -0.311 e. The Balaban J connectivity index is 1.33. The van der Waals surface area contributed by atoms with Crippen LogP contribution in [0.2, 0.25) is 0 Å². The molecule has 3 heterocycles. The number of pyridine rings is 1. The van der Waals surface area contributed by atoms with Gasteiger partial charge in [0, 0.05) is 9.75 Å². The van der Waals surface area contributed by atoms with Gasteiger partial charge in [-0.05, 0) is 73.6 Å². The Kier molecular flexibility index (Phi) is 7.60. The van der Waals surface area contributed by atoms with Gasteiger partial charge in [0.2, 0.25) is 0 Å². The first-order valence-corrected chi connectivity index (χ1v) is 14.8. The molecule has 0 aliphatic heterocycles. The second-order valence-corrected chi connectivity index (χ2v) is 12.2. The van der Waals surface area contributed by atoms with E-state index in [-0.39, 0.29) is 11.4 Å². The van der Waals surface area contributed by atoms with Gasteiger partial charge in [0.15, 0.2) is 0 Å². The highest BCUT2D eigenvalue weighted by molar-refractivity contribution is 7.17. The van der Waals surface area contributed by atoms with E-state index < -0.39 is 11.8 Å². The molecule has 0 saturated heterocycles. The molecule has 0 aromatic carbocycles. The maximum atomic E-state index is 13.1. The molecule has 2 aliphatic rings. The third-order valence-corrected chi connectivity index (χ3v) is 10.1. The van der Waals surface area contributed by atoms with Crippen molar-refractivity contribution in [1.29, 1.82) is 10.5 Å². The molecule has 2 aliphatic carbocycles. The quantitative estimate of drug-likeness (QED) is 0.369. The zero-order valence-corrected chi connectivity index (χ0v) is 23.2. The van der Waals surface area contributed by atoms with Crippen molar-refractivity contribution in [3.63, 3.8) is 0 Å². The van der Waals surface area contributed by atoms with Crippen LogP contribution in [0.25, 0.3) is 0 Å². The number of fused-ring (bicyclic) bond motifs is 2. The maximum absolute atomic E-state index is 13.1. The Bertz CT molecular complexity index is 1380.